The second kappa shape index (κ2) is 11.7. The molecule has 0 radical (unpaired) electrons. The average Bonchev–Trinajstić information content (AvgIpc) is 3.18. The molecule has 0 unspecified atom stereocenters. The lowest BCUT2D eigenvalue weighted by molar-refractivity contribution is -0.137. The lowest BCUT2D eigenvalue weighted by atomic mass is 10.1. The van der Waals surface area contributed by atoms with Gasteiger partial charge in [0.15, 0.2) is 0 Å². The van der Waals surface area contributed by atoms with Gasteiger partial charge in [-0.3, -0.25) is 19.0 Å². The maximum atomic E-state index is 13.1. The van der Waals surface area contributed by atoms with Gasteiger partial charge in [-0.05, 0) is 65.2 Å². The molecule has 0 aliphatic carbocycles. The molecule has 3 rings (SSSR count). The molecule has 7 nitrogen and oxygen atoms in total. The number of hydrogen-bond donors (Lipinski definition) is 2. The second-order valence-corrected chi connectivity index (χ2v) is 9.75. The zero-order valence-electron chi connectivity index (χ0n) is 17.4. The van der Waals surface area contributed by atoms with E-state index in [9.17, 15) is 14.4 Å². The van der Waals surface area contributed by atoms with Crippen molar-refractivity contribution in [2.75, 3.05) is 6.54 Å². The summed E-state index contributed by atoms with van der Waals surface area (Å²) in [4.78, 5) is 41.5. The quantitative estimate of drug-likeness (QED) is 0.363. The van der Waals surface area contributed by atoms with Crippen LogP contribution in [0.15, 0.2) is 45.0 Å². The third kappa shape index (κ3) is 6.86. The van der Waals surface area contributed by atoms with E-state index in [0.717, 1.165) is 27.9 Å². The number of carbonyl (C=O) groups excluding carboxylic acids is 1. The standard InChI is InChI=1S/C23H24BrN3O4S/c24-20-13-11-16(32-20)10-12-18-23(31)27(19-8-5-4-7-17(19)26-18)15-21(28)25-14-6-2-1-3-9-22(29)30/h4-5,7-8,10-13H,1-3,6,9,14-15H2,(H,25,28)(H,29,30)/b12-10+. The fraction of sp³-hybridized carbons (Fsp3) is 0.304. The molecule has 1 amide bonds. The van der Waals surface area contributed by atoms with Gasteiger partial charge >= 0.3 is 5.97 Å². The smallest absolute Gasteiger partial charge is 0.303 e. The molecule has 2 heterocycles. The van der Waals surface area contributed by atoms with Crippen molar-refractivity contribution in [1.82, 2.24) is 14.9 Å². The summed E-state index contributed by atoms with van der Waals surface area (Å²) in [5.74, 6) is -1.03. The van der Waals surface area contributed by atoms with E-state index in [1.54, 1.807) is 23.5 Å². The number of unbranched alkanes of at least 4 members (excludes halogenated alkanes) is 3. The van der Waals surface area contributed by atoms with E-state index < -0.39 is 5.97 Å². The van der Waals surface area contributed by atoms with Gasteiger partial charge in [0, 0.05) is 17.8 Å². The zero-order valence-corrected chi connectivity index (χ0v) is 19.8. The summed E-state index contributed by atoms with van der Waals surface area (Å²) in [7, 11) is 0. The number of thiophene rings is 1. The van der Waals surface area contributed by atoms with Crippen LogP contribution in [-0.4, -0.2) is 33.1 Å². The SMILES string of the molecule is O=C(O)CCCCCCNC(=O)Cn1c(=O)c(/C=C/c2ccc(Br)s2)nc2ccccc21. The van der Waals surface area contributed by atoms with Gasteiger partial charge in [0.25, 0.3) is 5.56 Å². The summed E-state index contributed by atoms with van der Waals surface area (Å²) in [5.41, 5.74) is 1.21. The Balaban J connectivity index is 1.68. The monoisotopic (exact) mass is 517 g/mol. The lowest BCUT2D eigenvalue weighted by Crippen LogP contribution is -2.34. The third-order valence-corrected chi connectivity index (χ3v) is 6.41. The van der Waals surface area contributed by atoms with Crippen molar-refractivity contribution in [3.05, 3.63) is 61.1 Å². The van der Waals surface area contributed by atoms with Crippen molar-refractivity contribution in [1.29, 1.82) is 0 Å². The Morgan fingerprint density at radius 2 is 1.88 bits per heavy atom. The first-order valence-electron chi connectivity index (χ1n) is 10.4. The van der Waals surface area contributed by atoms with E-state index in [1.165, 1.54) is 4.57 Å². The number of carboxylic acid groups (broad SMARTS) is 1. The van der Waals surface area contributed by atoms with Gasteiger partial charge in [-0.25, -0.2) is 4.98 Å². The number of benzene rings is 1. The Labute approximate surface area is 197 Å². The molecule has 0 fully saturated rings. The highest BCUT2D eigenvalue weighted by Gasteiger charge is 2.12. The van der Waals surface area contributed by atoms with Gasteiger partial charge in [-0.1, -0.05) is 25.0 Å². The maximum absolute atomic E-state index is 13.1. The molecule has 1 aromatic carbocycles. The minimum absolute atomic E-state index is 0.0910. The van der Waals surface area contributed by atoms with Crippen molar-refractivity contribution in [3.63, 3.8) is 0 Å². The highest BCUT2D eigenvalue weighted by molar-refractivity contribution is 9.11. The van der Waals surface area contributed by atoms with Crippen molar-refractivity contribution in [2.45, 2.75) is 38.6 Å². The highest BCUT2D eigenvalue weighted by Crippen LogP contribution is 2.23. The Morgan fingerprint density at radius 3 is 2.62 bits per heavy atom. The number of para-hydroxylation sites is 2. The normalized spacial score (nSPS) is 11.3. The van der Waals surface area contributed by atoms with Gasteiger partial charge in [0.2, 0.25) is 5.91 Å². The molecule has 0 spiro atoms. The molecule has 9 heteroatoms. The topological polar surface area (TPSA) is 101 Å². The number of nitrogens with zero attached hydrogens (tertiary/aromatic N) is 2. The van der Waals surface area contributed by atoms with Crippen LogP contribution in [0.3, 0.4) is 0 Å². The summed E-state index contributed by atoms with van der Waals surface area (Å²) in [6.45, 7) is 0.399. The minimum Gasteiger partial charge on any atom is -0.481 e. The fourth-order valence-electron chi connectivity index (χ4n) is 3.24. The number of carbonyl (C=O) groups is 2. The van der Waals surface area contributed by atoms with Gasteiger partial charge < -0.3 is 10.4 Å². The van der Waals surface area contributed by atoms with E-state index in [1.807, 2.05) is 36.4 Å². The number of aliphatic carboxylic acids is 1. The fourth-order valence-corrected chi connectivity index (χ4v) is 4.57. The Kier molecular flexibility index (Phi) is 8.75. The zero-order chi connectivity index (χ0) is 22.9. The van der Waals surface area contributed by atoms with E-state index in [4.69, 9.17) is 5.11 Å². The largest absolute Gasteiger partial charge is 0.481 e. The van der Waals surface area contributed by atoms with Gasteiger partial charge in [-0.2, -0.15) is 0 Å². The third-order valence-electron chi connectivity index (χ3n) is 4.82. The molecular weight excluding hydrogens is 494 g/mol. The minimum atomic E-state index is -0.786. The summed E-state index contributed by atoms with van der Waals surface area (Å²) in [6.07, 6.45) is 6.75. The van der Waals surface area contributed by atoms with E-state index in [-0.39, 0.29) is 30.1 Å². The Bertz CT molecular complexity index is 1190. The van der Waals surface area contributed by atoms with Crippen LogP contribution in [0, 0.1) is 0 Å². The number of hydrogen-bond acceptors (Lipinski definition) is 5. The predicted octanol–water partition coefficient (Wildman–Crippen LogP) is 4.54. The maximum Gasteiger partial charge on any atom is 0.303 e. The number of aromatic nitrogens is 2. The summed E-state index contributed by atoms with van der Waals surface area (Å²) in [6, 6.07) is 11.1. The molecule has 168 valence electrons. The van der Waals surface area contributed by atoms with Crippen LogP contribution in [0.1, 0.15) is 42.7 Å². The van der Waals surface area contributed by atoms with Crippen LogP contribution < -0.4 is 10.9 Å². The molecular formula is C23H24BrN3O4S. The molecule has 0 aliphatic heterocycles. The number of fused-ring (bicyclic) bond motifs is 1. The summed E-state index contributed by atoms with van der Waals surface area (Å²) < 4.78 is 2.45. The summed E-state index contributed by atoms with van der Waals surface area (Å²) in [5, 5.41) is 11.5. The van der Waals surface area contributed by atoms with Crippen LogP contribution in [0.25, 0.3) is 23.2 Å². The first kappa shape index (κ1) is 23.9. The molecule has 0 aliphatic rings. The van der Waals surface area contributed by atoms with Crippen molar-refractivity contribution in [2.24, 2.45) is 0 Å². The first-order chi connectivity index (χ1) is 15.4. The van der Waals surface area contributed by atoms with Crippen LogP contribution in [-0.2, 0) is 16.1 Å². The van der Waals surface area contributed by atoms with Crippen LogP contribution in [0.4, 0.5) is 0 Å². The van der Waals surface area contributed by atoms with Crippen LogP contribution in [0.5, 0.6) is 0 Å². The van der Waals surface area contributed by atoms with E-state index in [2.05, 4.69) is 26.2 Å². The number of rotatable bonds is 11. The van der Waals surface area contributed by atoms with Crippen molar-refractivity contribution in [3.8, 4) is 0 Å². The Hall–Kier alpha value is -2.78. The predicted molar refractivity (Wildman–Crippen MR) is 131 cm³/mol. The van der Waals surface area contributed by atoms with E-state index in [0.29, 0.717) is 24.0 Å². The van der Waals surface area contributed by atoms with Crippen molar-refractivity contribution >= 4 is 62.3 Å². The molecule has 3 aromatic rings. The van der Waals surface area contributed by atoms with Gasteiger partial charge in [0.05, 0.1) is 14.8 Å². The molecule has 0 atom stereocenters. The molecule has 0 saturated heterocycles. The molecule has 2 N–H and O–H groups in total. The number of halogens is 1. The first-order valence-corrected chi connectivity index (χ1v) is 12.0. The average molecular weight is 518 g/mol. The number of amides is 1. The molecule has 2 aromatic heterocycles. The van der Waals surface area contributed by atoms with Crippen LogP contribution in [0.2, 0.25) is 0 Å². The summed E-state index contributed by atoms with van der Waals surface area (Å²) >= 11 is 4.97. The number of carboxylic acids is 1. The van der Waals surface area contributed by atoms with E-state index >= 15 is 0 Å². The second-order valence-electron chi connectivity index (χ2n) is 7.26. The molecule has 0 bridgehead atoms. The lowest BCUT2D eigenvalue weighted by Gasteiger charge is -2.11. The van der Waals surface area contributed by atoms with Gasteiger partial charge in [-0.15, -0.1) is 11.3 Å². The molecule has 0 saturated carbocycles. The van der Waals surface area contributed by atoms with Crippen molar-refractivity contribution < 1.29 is 14.7 Å². The molecule has 32 heavy (non-hydrogen) atoms. The number of nitrogens with one attached hydrogen (secondary N) is 1. The van der Waals surface area contributed by atoms with Crippen LogP contribution >= 0.6 is 27.3 Å². The van der Waals surface area contributed by atoms with Gasteiger partial charge in [0.1, 0.15) is 12.2 Å². The highest BCUT2D eigenvalue weighted by atomic mass is 79.9. The Morgan fingerprint density at radius 1 is 1.09 bits per heavy atom.